The lowest BCUT2D eigenvalue weighted by Crippen LogP contribution is -2.40. The normalized spacial score (nSPS) is 26.1. The number of nitro groups is 1. The largest absolute Gasteiger partial charge is 0.463 e. The van der Waals surface area contributed by atoms with Gasteiger partial charge in [0, 0.05) is 35.1 Å². The molecular weight excluding hydrogens is 346 g/mol. The van der Waals surface area contributed by atoms with E-state index >= 15 is 0 Å². The highest BCUT2D eigenvalue weighted by atomic mass is 16.7. The summed E-state index contributed by atoms with van der Waals surface area (Å²) >= 11 is 0. The van der Waals surface area contributed by atoms with Gasteiger partial charge in [-0.25, -0.2) is 0 Å². The first-order valence-electron chi connectivity index (χ1n) is 9.06. The van der Waals surface area contributed by atoms with Crippen LogP contribution in [-0.2, 0) is 9.47 Å². The molecule has 1 aliphatic carbocycles. The maximum atomic E-state index is 13.2. The molecule has 27 heavy (non-hydrogen) atoms. The zero-order valence-electron chi connectivity index (χ0n) is 14.5. The van der Waals surface area contributed by atoms with Crippen LogP contribution in [0.1, 0.15) is 40.2 Å². The third-order valence-electron chi connectivity index (χ3n) is 5.66. The van der Waals surface area contributed by atoms with Crippen molar-refractivity contribution < 1.29 is 19.2 Å². The van der Waals surface area contributed by atoms with Gasteiger partial charge >= 0.3 is 0 Å². The fraction of sp³-hybridized carbons (Fsp3) is 0.286. The van der Waals surface area contributed by atoms with Gasteiger partial charge in [0.2, 0.25) is 6.29 Å². The molecule has 0 spiro atoms. The molecule has 2 heterocycles. The number of ether oxygens (including phenoxy) is 2. The summed E-state index contributed by atoms with van der Waals surface area (Å²) in [6.07, 6.45) is 1.38. The Labute approximate surface area is 155 Å². The maximum absolute atomic E-state index is 13.2. The fourth-order valence-corrected chi connectivity index (χ4v) is 4.45. The molecule has 6 heteroatoms. The molecule has 0 amide bonds. The van der Waals surface area contributed by atoms with Gasteiger partial charge in [0.1, 0.15) is 5.76 Å². The highest BCUT2D eigenvalue weighted by Crippen LogP contribution is 2.52. The highest BCUT2D eigenvalue weighted by molar-refractivity contribution is 6.20. The van der Waals surface area contributed by atoms with Crippen LogP contribution in [0.4, 0.5) is 5.69 Å². The SMILES string of the molecule is O=C1C2=C(O[C@@H]3OCCC[C@@H]3[C@@H]2c2ccc([N+](=O)[O-])cc2)c2ccccc21. The third-order valence-corrected chi connectivity index (χ3v) is 5.66. The topological polar surface area (TPSA) is 78.7 Å². The Kier molecular flexibility index (Phi) is 3.62. The minimum atomic E-state index is -0.415. The minimum Gasteiger partial charge on any atom is -0.463 e. The first kappa shape index (κ1) is 16.2. The van der Waals surface area contributed by atoms with Gasteiger partial charge in [-0.15, -0.1) is 0 Å². The molecule has 3 aliphatic rings. The second-order valence-corrected chi connectivity index (χ2v) is 7.11. The van der Waals surface area contributed by atoms with Crippen LogP contribution >= 0.6 is 0 Å². The van der Waals surface area contributed by atoms with Gasteiger partial charge in [-0.05, 0) is 18.4 Å². The lowest BCUT2D eigenvalue weighted by molar-refractivity contribution is -0.384. The van der Waals surface area contributed by atoms with E-state index in [1.807, 2.05) is 24.3 Å². The first-order chi connectivity index (χ1) is 13.1. The van der Waals surface area contributed by atoms with Gasteiger partial charge in [0.05, 0.1) is 17.1 Å². The number of nitrogens with zero attached hydrogens (tertiary/aromatic N) is 1. The molecule has 3 atom stereocenters. The average molecular weight is 363 g/mol. The summed E-state index contributed by atoms with van der Waals surface area (Å²) in [7, 11) is 0. The Morgan fingerprint density at radius 1 is 1.04 bits per heavy atom. The molecule has 2 aliphatic heterocycles. The molecule has 0 radical (unpaired) electrons. The minimum absolute atomic E-state index is 0.0113. The van der Waals surface area contributed by atoms with Gasteiger partial charge in [-0.1, -0.05) is 36.4 Å². The number of nitro benzene ring substituents is 1. The Balaban J connectivity index is 1.66. The van der Waals surface area contributed by atoms with Crippen molar-refractivity contribution in [3.63, 3.8) is 0 Å². The van der Waals surface area contributed by atoms with Crippen molar-refractivity contribution in [3.8, 4) is 0 Å². The number of benzene rings is 2. The standard InChI is InChI=1S/C21H17NO5/c23-19-14-4-1-2-5-15(14)20-18(19)17(16-6-3-11-26-21(16)27-20)12-7-9-13(10-8-12)22(24)25/h1-2,4-5,7-10,16-17,21H,3,6,11H2/t16-,17+,21+/m1/s1. The Hall–Kier alpha value is -2.99. The third kappa shape index (κ3) is 2.40. The number of fused-ring (bicyclic) bond motifs is 3. The monoisotopic (exact) mass is 363 g/mol. The van der Waals surface area contributed by atoms with Crippen molar-refractivity contribution >= 4 is 17.2 Å². The number of allylic oxidation sites excluding steroid dienone is 1. The van der Waals surface area contributed by atoms with E-state index in [4.69, 9.17) is 9.47 Å². The molecule has 6 nitrogen and oxygen atoms in total. The van der Waals surface area contributed by atoms with Gasteiger partial charge in [0.25, 0.3) is 5.69 Å². The lowest BCUT2D eigenvalue weighted by atomic mass is 9.74. The molecule has 2 aromatic rings. The van der Waals surface area contributed by atoms with E-state index in [2.05, 4.69) is 0 Å². The van der Waals surface area contributed by atoms with E-state index in [0.29, 0.717) is 23.5 Å². The van der Waals surface area contributed by atoms with E-state index in [9.17, 15) is 14.9 Å². The number of rotatable bonds is 2. The molecule has 0 bridgehead atoms. The van der Waals surface area contributed by atoms with E-state index in [1.165, 1.54) is 12.1 Å². The number of hydrogen-bond acceptors (Lipinski definition) is 5. The van der Waals surface area contributed by atoms with E-state index in [-0.39, 0.29) is 23.3 Å². The summed E-state index contributed by atoms with van der Waals surface area (Å²) < 4.78 is 12.0. The van der Waals surface area contributed by atoms with Crippen LogP contribution in [0.2, 0.25) is 0 Å². The predicted molar refractivity (Wildman–Crippen MR) is 97.1 cm³/mol. The van der Waals surface area contributed by atoms with Crippen molar-refractivity contribution in [2.24, 2.45) is 5.92 Å². The number of hydrogen-bond donors (Lipinski definition) is 0. The van der Waals surface area contributed by atoms with Crippen molar-refractivity contribution in [1.29, 1.82) is 0 Å². The molecule has 1 fully saturated rings. The Bertz CT molecular complexity index is 978. The predicted octanol–water partition coefficient (Wildman–Crippen LogP) is 4.07. The lowest BCUT2D eigenvalue weighted by Gasteiger charge is -2.41. The van der Waals surface area contributed by atoms with Crippen LogP contribution in [0, 0.1) is 16.0 Å². The van der Waals surface area contributed by atoms with Crippen molar-refractivity contribution in [2.45, 2.75) is 25.0 Å². The number of non-ortho nitro benzene ring substituents is 1. The van der Waals surface area contributed by atoms with Crippen LogP contribution in [0.15, 0.2) is 54.1 Å². The summed E-state index contributed by atoms with van der Waals surface area (Å²) in [5.41, 5.74) is 3.03. The van der Waals surface area contributed by atoms with Gasteiger partial charge in [-0.2, -0.15) is 0 Å². The second kappa shape index (κ2) is 6.03. The summed E-state index contributed by atoms with van der Waals surface area (Å²) in [5, 5.41) is 11.0. The molecule has 0 aromatic heterocycles. The number of ketones is 1. The summed E-state index contributed by atoms with van der Waals surface area (Å²) in [6.45, 7) is 0.631. The Morgan fingerprint density at radius 2 is 1.78 bits per heavy atom. The maximum Gasteiger partial charge on any atom is 0.269 e. The zero-order valence-corrected chi connectivity index (χ0v) is 14.5. The van der Waals surface area contributed by atoms with Crippen LogP contribution in [0.5, 0.6) is 0 Å². The van der Waals surface area contributed by atoms with Crippen LogP contribution in [0.25, 0.3) is 5.76 Å². The molecule has 1 saturated heterocycles. The molecular formula is C21H17NO5. The van der Waals surface area contributed by atoms with Gasteiger partial charge < -0.3 is 9.47 Å². The highest BCUT2D eigenvalue weighted by Gasteiger charge is 2.48. The zero-order chi connectivity index (χ0) is 18.5. The van der Waals surface area contributed by atoms with Crippen LogP contribution in [0.3, 0.4) is 0 Å². The quantitative estimate of drug-likeness (QED) is 0.594. The van der Waals surface area contributed by atoms with Crippen molar-refractivity contribution in [2.75, 3.05) is 6.61 Å². The van der Waals surface area contributed by atoms with Crippen molar-refractivity contribution in [1.82, 2.24) is 0 Å². The summed E-state index contributed by atoms with van der Waals surface area (Å²) in [5.74, 6) is 0.395. The molecule has 0 unspecified atom stereocenters. The Morgan fingerprint density at radius 3 is 2.52 bits per heavy atom. The number of carbonyl (C=O) groups is 1. The van der Waals surface area contributed by atoms with E-state index in [1.54, 1.807) is 12.1 Å². The molecule has 2 aromatic carbocycles. The summed E-state index contributed by atoms with van der Waals surface area (Å²) in [6, 6.07) is 13.9. The van der Waals surface area contributed by atoms with E-state index in [0.717, 1.165) is 24.0 Å². The fourth-order valence-electron chi connectivity index (χ4n) is 4.45. The van der Waals surface area contributed by atoms with Gasteiger partial charge in [0.15, 0.2) is 5.78 Å². The van der Waals surface area contributed by atoms with E-state index < -0.39 is 11.2 Å². The number of carbonyl (C=O) groups excluding carboxylic acids is 1. The molecule has 5 rings (SSSR count). The van der Waals surface area contributed by atoms with Crippen LogP contribution in [-0.4, -0.2) is 23.6 Å². The van der Waals surface area contributed by atoms with Crippen LogP contribution < -0.4 is 0 Å². The second-order valence-electron chi connectivity index (χ2n) is 7.11. The number of Topliss-reactive ketones (excluding diaryl/α,β-unsaturated/α-hetero) is 1. The molecule has 136 valence electrons. The summed E-state index contributed by atoms with van der Waals surface area (Å²) in [4.78, 5) is 23.8. The molecule has 0 N–H and O–H groups in total. The van der Waals surface area contributed by atoms with Crippen molar-refractivity contribution in [3.05, 3.63) is 80.9 Å². The first-order valence-corrected chi connectivity index (χ1v) is 9.06. The molecule has 0 saturated carbocycles. The average Bonchev–Trinajstić information content (AvgIpc) is 2.99. The smallest absolute Gasteiger partial charge is 0.269 e. The van der Waals surface area contributed by atoms with Gasteiger partial charge in [-0.3, -0.25) is 14.9 Å².